The Kier molecular flexibility index (Phi) is 4.69. The zero-order valence-corrected chi connectivity index (χ0v) is 14.0. The summed E-state index contributed by atoms with van der Waals surface area (Å²) in [7, 11) is 0. The van der Waals surface area contributed by atoms with Crippen molar-refractivity contribution in [2.45, 2.75) is 52.9 Å². The third-order valence-electron chi connectivity index (χ3n) is 3.45. The Balaban J connectivity index is 1.94. The molecule has 0 aliphatic rings. The summed E-state index contributed by atoms with van der Waals surface area (Å²) in [6.45, 7) is 10.1. The van der Waals surface area contributed by atoms with Gasteiger partial charge in [0.05, 0.1) is 5.69 Å². The number of rotatable bonds is 4. The summed E-state index contributed by atoms with van der Waals surface area (Å²) in [6, 6.07) is 7.77. The lowest BCUT2D eigenvalue weighted by Crippen LogP contribution is -2.12. The first-order valence-electron chi connectivity index (χ1n) is 7.59. The zero-order valence-electron chi connectivity index (χ0n) is 14.0. The molecule has 2 rings (SSSR count). The normalized spacial score (nSPS) is 11.5. The third-order valence-corrected chi connectivity index (χ3v) is 3.45. The summed E-state index contributed by atoms with van der Waals surface area (Å²) in [4.78, 5) is 16.5. The van der Waals surface area contributed by atoms with Crippen LogP contribution in [0.1, 0.15) is 50.1 Å². The number of oxazole rings is 1. The Labute approximate surface area is 131 Å². The minimum absolute atomic E-state index is 0.0167. The fourth-order valence-corrected chi connectivity index (χ4v) is 2.07. The van der Waals surface area contributed by atoms with Gasteiger partial charge in [0.15, 0.2) is 5.89 Å². The van der Waals surface area contributed by atoms with E-state index in [1.807, 2.05) is 38.1 Å². The van der Waals surface area contributed by atoms with Crippen LogP contribution in [0.2, 0.25) is 0 Å². The highest BCUT2D eigenvalue weighted by Gasteiger charge is 2.22. The molecule has 1 heterocycles. The molecule has 0 aliphatic heterocycles. The lowest BCUT2D eigenvalue weighted by atomic mass is 9.97. The molecule has 118 valence electrons. The first-order chi connectivity index (χ1) is 10.3. The highest BCUT2D eigenvalue weighted by Crippen LogP contribution is 2.24. The van der Waals surface area contributed by atoms with Gasteiger partial charge in [-0.25, -0.2) is 4.98 Å². The van der Waals surface area contributed by atoms with E-state index in [9.17, 15) is 4.79 Å². The Morgan fingerprint density at radius 3 is 2.36 bits per heavy atom. The second-order valence-corrected chi connectivity index (χ2v) is 6.69. The fraction of sp³-hybridized carbons (Fsp3) is 0.444. The first kappa shape index (κ1) is 16.3. The van der Waals surface area contributed by atoms with Crippen LogP contribution in [-0.2, 0) is 16.6 Å². The Hall–Kier alpha value is -2.10. The number of nitrogens with one attached hydrogen (secondary N) is 1. The maximum atomic E-state index is 12.0. The van der Waals surface area contributed by atoms with E-state index in [2.05, 4.69) is 31.1 Å². The van der Waals surface area contributed by atoms with Crippen molar-refractivity contribution in [2.24, 2.45) is 0 Å². The lowest BCUT2D eigenvalue weighted by molar-refractivity contribution is -0.116. The molecule has 0 radical (unpaired) electrons. The van der Waals surface area contributed by atoms with Gasteiger partial charge in [-0.3, -0.25) is 4.79 Å². The molecule has 22 heavy (non-hydrogen) atoms. The molecule has 1 amide bonds. The summed E-state index contributed by atoms with van der Waals surface area (Å²) in [5.74, 6) is 1.50. The van der Waals surface area contributed by atoms with Crippen molar-refractivity contribution in [3.63, 3.8) is 0 Å². The number of amides is 1. The molecular weight excluding hydrogens is 276 g/mol. The molecule has 0 saturated carbocycles. The summed E-state index contributed by atoms with van der Waals surface area (Å²) < 4.78 is 5.80. The highest BCUT2D eigenvalue weighted by molar-refractivity contribution is 5.90. The Morgan fingerprint density at radius 2 is 1.82 bits per heavy atom. The number of aryl methyl sites for hydroxylation is 3. The van der Waals surface area contributed by atoms with Crippen molar-refractivity contribution in [1.82, 2.24) is 4.98 Å². The predicted molar refractivity (Wildman–Crippen MR) is 88.1 cm³/mol. The second kappa shape index (κ2) is 6.34. The predicted octanol–water partition coefficient (Wildman–Crippen LogP) is 4.16. The molecule has 1 N–H and O–H groups in total. The quantitative estimate of drug-likeness (QED) is 0.922. The van der Waals surface area contributed by atoms with E-state index in [4.69, 9.17) is 4.42 Å². The summed E-state index contributed by atoms with van der Waals surface area (Å²) >= 11 is 0. The van der Waals surface area contributed by atoms with Crippen molar-refractivity contribution in [3.8, 4) is 0 Å². The van der Waals surface area contributed by atoms with Crippen LogP contribution in [0, 0.1) is 13.8 Å². The number of hydrogen-bond acceptors (Lipinski definition) is 3. The van der Waals surface area contributed by atoms with Crippen LogP contribution in [0.15, 0.2) is 28.7 Å². The van der Waals surface area contributed by atoms with Crippen LogP contribution in [0.4, 0.5) is 5.69 Å². The number of carbonyl (C=O) groups excluding carboxylic acids is 1. The monoisotopic (exact) mass is 300 g/mol. The zero-order chi connectivity index (χ0) is 16.3. The number of benzene rings is 1. The molecule has 0 spiro atoms. The third kappa shape index (κ3) is 4.20. The molecule has 0 saturated heterocycles. The first-order valence-corrected chi connectivity index (χ1v) is 7.59. The van der Waals surface area contributed by atoms with Gasteiger partial charge < -0.3 is 9.73 Å². The minimum Gasteiger partial charge on any atom is -0.445 e. The summed E-state index contributed by atoms with van der Waals surface area (Å²) in [6.07, 6.45) is 0.945. The average Bonchev–Trinajstić information content (AvgIpc) is 2.80. The van der Waals surface area contributed by atoms with Gasteiger partial charge in [-0.05, 0) is 26.0 Å². The minimum atomic E-state index is -0.118. The van der Waals surface area contributed by atoms with Crippen LogP contribution >= 0.6 is 0 Å². The molecule has 2 aromatic rings. The molecule has 0 atom stereocenters. The van der Waals surface area contributed by atoms with E-state index in [-0.39, 0.29) is 11.3 Å². The van der Waals surface area contributed by atoms with Crippen LogP contribution in [-0.4, -0.2) is 10.9 Å². The molecule has 0 aliphatic carbocycles. The number of anilines is 1. The van der Waals surface area contributed by atoms with Gasteiger partial charge in [-0.1, -0.05) is 38.5 Å². The number of nitrogens with zero attached hydrogens (tertiary/aromatic N) is 1. The fourth-order valence-electron chi connectivity index (χ4n) is 2.07. The van der Waals surface area contributed by atoms with Gasteiger partial charge in [0.1, 0.15) is 5.76 Å². The number of aromatic nitrogens is 1. The highest BCUT2D eigenvalue weighted by atomic mass is 16.4. The summed E-state index contributed by atoms with van der Waals surface area (Å²) in [5, 5.41) is 2.89. The lowest BCUT2D eigenvalue weighted by Gasteiger charge is -2.12. The van der Waals surface area contributed by atoms with Crippen molar-refractivity contribution in [1.29, 1.82) is 0 Å². The van der Waals surface area contributed by atoms with Gasteiger partial charge in [-0.15, -0.1) is 0 Å². The Bertz CT molecular complexity index is 649. The average molecular weight is 300 g/mol. The summed E-state index contributed by atoms with van der Waals surface area (Å²) in [5.41, 5.74) is 2.74. The van der Waals surface area contributed by atoms with Gasteiger partial charge in [-0.2, -0.15) is 0 Å². The van der Waals surface area contributed by atoms with Crippen LogP contribution in [0.3, 0.4) is 0 Å². The van der Waals surface area contributed by atoms with E-state index in [0.717, 1.165) is 23.0 Å². The van der Waals surface area contributed by atoms with E-state index >= 15 is 0 Å². The maximum Gasteiger partial charge on any atom is 0.224 e. The van der Waals surface area contributed by atoms with E-state index < -0.39 is 0 Å². The molecule has 1 aromatic carbocycles. The van der Waals surface area contributed by atoms with E-state index in [1.165, 1.54) is 5.56 Å². The van der Waals surface area contributed by atoms with E-state index in [1.54, 1.807) is 0 Å². The molecule has 0 fully saturated rings. The molecule has 1 aromatic heterocycles. The largest absolute Gasteiger partial charge is 0.445 e. The second-order valence-electron chi connectivity index (χ2n) is 6.69. The molecule has 4 nitrogen and oxygen atoms in total. The number of hydrogen-bond donors (Lipinski definition) is 1. The van der Waals surface area contributed by atoms with Crippen molar-refractivity contribution < 1.29 is 9.21 Å². The standard InChI is InChI=1S/C18H24N2O2/c1-12-6-8-14(9-7-12)20-16(21)11-10-15-13(2)19-17(22-15)18(3,4)5/h6-9H,10-11H2,1-5H3,(H,20,21). The molecule has 0 bridgehead atoms. The molecule has 0 unspecified atom stereocenters. The Morgan fingerprint density at radius 1 is 1.18 bits per heavy atom. The number of carbonyl (C=O) groups is 1. The van der Waals surface area contributed by atoms with Gasteiger partial charge in [0.2, 0.25) is 5.91 Å². The van der Waals surface area contributed by atoms with Crippen molar-refractivity contribution in [2.75, 3.05) is 5.32 Å². The van der Waals surface area contributed by atoms with Crippen LogP contribution in [0.25, 0.3) is 0 Å². The van der Waals surface area contributed by atoms with Gasteiger partial charge >= 0.3 is 0 Å². The smallest absolute Gasteiger partial charge is 0.224 e. The maximum absolute atomic E-state index is 12.0. The van der Waals surface area contributed by atoms with E-state index in [0.29, 0.717) is 12.8 Å². The van der Waals surface area contributed by atoms with Gasteiger partial charge in [0, 0.05) is 23.9 Å². The topological polar surface area (TPSA) is 55.1 Å². The van der Waals surface area contributed by atoms with Crippen molar-refractivity contribution in [3.05, 3.63) is 47.2 Å². The van der Waals surface area contributed by atoms with Crippen molar-refractivity contribution >= 4 is 11.6 Å². The van der Waals surface area contributed by atoms with Crippen LogP contribution in [0.5, 0.6) is 0 Å². The van der Waals surface area contributed by atoms with Gasteiger partial charge in [0.25, 0.3) is 0 Å². The molecular formula is C18H24N2O2. The SMILES string of the molecule is Cc1ccc(NC(=O)CCc2oc(C(C)(C)C)nc2C)cc1. The molecule has 4 heteroatoms. The van der Waals surface area contributed by atoms with Crippen LogP contribution < -0.4 is 5.32 Å².